The molecule has 2 saturated heterocycles. The number of carbonyl (C=O) groups excluding carboxylic acids is 2. The van der Waals surface area contributed by atoms with Gasteiger partial charge in [-0.25, -0.2) is 0 Å². The highest BCUT2D eigenvalue weighted by Gasteiger charge is 2.52. The first kappa shape index (κ1) is 14.7. The molecule has 1 aromatic rings. The Bertz CT molecular complexity index is 622. The van der Waals surface area contributed by atoms with Gasteiger partial charge in [-0.2, -0.15) is 0 Å². The molecule has 0 aromatic heterocycles. The van der Waals surface area contributed by atoms with Crippen LogP contribution in [-0.4, -0.2) is 33.4 Å². The van der Waals surface area contributed by atoms with Crippen LogP contribution in [0.4, 0.5) is 5.69 Å². The molecule has 6 heteroatoms. The maximum Gasteiger partial charge on any atom is 0.248 e. The molecule has 0 aliphatic carbocycles. The number of hydrogen-bond acceptors (Lipinski definition) is 3. The molecule has 112 valence electrons. The molecule has 2 atom stereocenters. The SMILES string of the molecule is Cc1cc(Cl)ccc1NC(=O)[C@@H]1CS[C@@]2(C)CCC(=O)N12. The van der Waals surface area contributed by atoms with Crippen molar-refractivity contribution in [1.82, 2.24) is 4.90 Å². The van der Waals surface area contributed by atoms with Gasteiger partial charge in [0.05, 0.1) is 4.87 Å². The van der Waals surface area contributed by atoms with E-state index >= 15 is 0 Å². The highest BCUT2D eigenvalue weighted by molar-refractivity contribution is 8.01. The molecule has 2 fully saturated rings. The molecule has 1 N–H and O–H groups in total. The van der Waals surface area contributed by atoms with Gasteiger partial charge in [-0.05, 0) is 44.0 Å². The van der Waals surface area contributed by atoms with E-state index in [2.05, 4.69) is 5.32 Å². The van der Waals surface area contributed by atoms with E-state index in [1.807, 2.05) is 19.9 Å². The van der Waals surface area contributed by atoms with Crippen LogP contribution in [0.3, 0.4) is 0 Å². The fourth-order valence-corrected chi connectivity index (χ4v) is 4.66. The van der Waals surface area contributed by atoms with Crippen LogP contribution < -0.4 is 5.32 Å². The van der Waals surface area contributed by atoms with Gasteiger partial charge in [0.1, 0.15) is 6.04 Å². The molecule has 2 aliphatic rings. The maximum atomic E-state index is 12.5. The minimum Gasteiger partial charge on any atom is -0.324 e. The summed E-state index contributed by atoms with van der Waals surface area (Å²) in [5.74, 6) is 0.614. The third kappa shape index (κ3) is 2.53. The Hall–Kier alpha value is -1.20. The van der Waals surface area contributed by atoms with Gasteiger partial charge < -0.3 is 10.2 Å². The molecule has 0 spiro atoms. The number of anilines is 1. The van der Waals surface area contributed by atoms with Crippen LogP contribution >= 0.6 is 23.4 Å². The Morgan fingerprint density at radius 3 is 3.00 bits per heavy atom. The zero-order valence-corrected chi connectivity index (χ0v) is 13.6. The first-order chi connectivity index (χ1) is 9.90. The normalized spacial score (nSPS) is 27.9. The minimum absolute atomic E-state index is 0.0791. The van der Waals surface area contributed by atoms with Gasteiger partial charge in [-0.3, -0.25) is 9.59 Å². The van der Waals surface area contributed by atoms with Crippen molar-refractivity contribution in [3.8, 4) is 0 Å². The third-order valence-corrected chi connectivity index (χ3v) is 5.93. The van der Waals surface area contributed by atoms with E-state index in [-0.39, 0.29) is 22.7 Å². The highest BCUT2D eigenvalue weighted by atomic mass is 35.5. The molecule has 2 heterocycles. The van der Waals surface area contributed by atoms with Gasteiger partial charge in [0, 0.05) is 22.9 Å². The molecular formula is C15H17ClN2O2S. The summed E-state index contributed by atoms with van der Waals surface area (Å²) in [6, 6.07) is 4.97. The topological polar surface area (TPSA) is 49.4 Å². The second-order valence-electron chi connectivity index (χ2n) is 5.71. The molecule has 0 unspecified atom stereocenters. The zero-order valence-electron chi connectivity index (χ0n) is 12.0. The van der Waals surface area contributed by atoms with Gasteiger partial charge in [0.2, 0.25) is 11.8 Å². The minimum atomic E-state index is -0.384. The van der Waals surface area contributed by atoms with Gasteiger partial charge >= 0.3 is 0 Å². The molecule has 0 bridgehead atoms. The molecule has 2 aliphatic heterocycles. The zero-order chi connectivity index (χ0) is 15.2. The molecule has 2 amide bonds. The van der Waals surface area contributed by atoms with Crippen LogP contribution in [0.15, 0.2) is 18.2 Å². The summed E-state index contributed by atoms with van der Waals surface area (Å²) in [5.41, 5.74) is 1.66. The quantitative estimate of drug-likeness (QED) is 0.909. The number of thioether (sulfide) groups is 1. The second-order valence-corrected chi connectivity index (χ2v) is 7.65. The van der Waals surface area contributed by atoms with Gasteiger partial charge in [0.25, 0.3) is 0 Å². The van der Waals surface area contributed by atoms with Crippen LogP contribution in [0.1, 0.15) is 25.3 Å². The predicted octanol–water partition coefficient (Wildman–Crippen LogP) is 3.04. The van der Waals surface area contributed by atoms with E-state index in [0.717, 1.165) is 17.7 Å². The summed E-state index contributed by atoms with van der Waals surface area (Å²) in [6.45, 7) is 3.94. The van der Waals surface area contributed by atoms with Crippen LogP contribution in [-0.2, 0) is 9.59 Å². The standard InChI is InChI=1S/C15H17ClN2O2S/c1-9-7-10(16)3-4-11(9)17-14(20)12-8-21-15(2)6-5-13(19)18(12)15/h3-4,7,12H,5-6,8H2,1-2H3,(H,17,20)/t12-,15-/m0/s1. The summed E-state index contributed by atoms with van der Waals surface area (Å²) >= 11 is 7.62. The van der Waals surface area contributed by atoms with E-state index in [1.165, 1.54) is 0 Å². The van der Waals surface area contributed by atoms with E-state index in [9.17, 15) is 9.59 Å². The number of hydrogen-bond donors (Lipinski definition) is 1. The van der Waals surface area contributed by atoms with Crippen LogP contribution in [0.5, 0.6) is 0 Å². The Kier molecular flexibility index (Phi) is 3.66. The fraction of sp³-hybridized carbons (Fsp3) is 0.467. The van der Waals surface area contributed by atoms with Crippen molar-refractivity contribution in [2.24, 2.45) is 0 Å². The monoisotopic (exact) mass is 324 g/mol. The van der Waals surface area contributed by atoms with E-state index in [0.29, 0.717) is 17.2 Å². The molecule has 21 heavy (non-hydrogen) atoms. The average Bonchev–Trinajstić information content (AvgIpc) is 2.90. The van der Waals surface area contributed by atoms with Gasteiger partial charge in [-0.1, -0.05) is 11.6 Å². The van der Waals surface area contributed by atoms with E-state index < -0.39 is 0 Å². The molecule has 4 nitrogen and oxygen atoms in total. The summed E-state index contributed by atoms with van der Waals surface area (Å²) in [4.78, 5) is 26.1. The largest absolute Gasteiger partial charge is 0.324 e. The molecule has 3 rings (SSSR count). The molecular weight excluding hydrogens is 308 g/mol. The second kappa shape index (κ2) is 5.21. The first-order valence-corrected chi connectivity index (χ1v) is 8.30. The van der Waals surface area contributed by atoms with Crippen molar-refractivity contribution >= 4 is 40.9 Å². The Labute approximate surface area is 133 Å². The lowest BCUT2D eigenvalue weighted by Crippen LogP contribution is -2.48. The lowest BCUT2D eigenvalue weighted by Gasteiger charge is -2.30. The van der Waals surface area contributed by atoms with Crippen molar-refractivity contribution < 1.29 is 9.59 Å². The summed E-state index contributed by atoms with van der Waals surface area (Å²) in [6.07, 6.45) is 1.35. The van der Waals surface area contributed by atoms with Gasteiger partial charge in [-0.15, -0.1) is 11.8 Å². The highest BCUT2D eigenvalue weighted by Crippen LogP contribution is 2.47. The molecule has 0 radical (unpaired) electrons. The number of nitrogens with zero attached hydrogens (tertiary/aromatic N) is 1. The Balaban J connectivity index is 1.78. The number of rotatable bonds is 2. The van der Waals surface area contributed by atoms with Crippen LogP contribution in [0.25, 0.3) is 0 Å². The van der Waals surface area contributed by atoms with Crippen molar-refractivity contribution in [2.45, 2.75) is 37.6 Å². The smallest absolute Gasteiger partial charge is 0.248 e. The first-order valence-electron chi connectivity index (χ1n) is 6.94. The predicted molar refractivity (Wildman–Crippen MR) is 85.5 cm³/mol. The van der Waals surface area contributed by atoms with E-state index in [4.69, 9.17) is 11.6 Å². The van der Waals surface area contributed by atoms with E-state index in [1.54, 1.807) is 28.8 Å². The number of aryl methyl sites for hydroxylation is 1. The number of benzene rings is 1. The lowest BCUT2D eigenvalue weighted by atomic mass is 10.1. The lowest BCUT2D eigenvalue weighted by molar-refractivity contribution is -0.135. The number of amides is 2. The Morgan fingerprint density at radius 1 is 1.52 bits per heavy atom. The molecule has 1 aromatic carbocycles. The molecule has 0 saturated carbocycles. The van der Waals surface area contributed by atoms with Crippen LogP contribution in [0, 0.1) is 6.92 Å². The van der Waals surface area contributed by atoms with Crippen molar-refractivity contribution in [1.29, 1.82) is 0 Å². The Morgan fingerprint density at radius 2 is 2.29 bits per heavy atom. The maximum absolute atomic E-state index is 12.5. The summed E-state index contributed by atoms with van der Waals surface area (Å²) < 4.78 is 0. The average molecular weight is 325 g/mol. The number of nitrogens with one attached hydrogen (secondary N) is 1. The number of halogens is 1. The summed E-state index contributed by atoms with van der Waals surface area (Å²) in [5, 5.41) is 3.57. The van der Waals surface area contributed by atoms with Crippen LogP contribution in [0.2, 0.25) is 5.02 Å². The van der Waals surface area contributed by atoms with Crippen molar-refractivity contribution in [3.05, 3.63) is 28.8 Å². The third-order valence-electron chi connectivity index (χ3n) is 4.19. The summed E-state index contributed by atoms with van der Waals surface area (Å²) in [7, 11) is 0. The fourth-order valence-electron chi connectivity index (χ4n) is 3.00. The number of fused-ring (bicyclic) bond motifs is 1. The van der Waals surface area contributed by atoms with Crippen molar-refractivity contribution in [2.75, 3.05) is 11.1 Å². The number of carbonyl (C=O) groups is 2. The van der Waals surface area contributed by atoms with Gasteiger partial charge in [0.15, 0.2) is 0 Å². The van der Waals surface area contributed by atoms with Crippen molar-refractivity contribution in [3.63, 3.8) is 0 Å².